The Morgan fingerprint density at radius 3 is 2.75 bits per heavy atom. The molecule has 214 valence electrons. The first-order chi connectivity index (χ1) is 19.2. The van der Waals surface area contributed by atoms with Crippen LogP contribution in [-0.4, -0.2) is 79.0 Å². The van der Waals surface area contributed by atoms with E-state index < -0.39 is 24.5 Å². The second-order valence-electron chi connectivity index (χ2n) is 11.0. The van der Waals surface area contributed by atoms with Crippen molar-refractivity contribution < 1.29 is 27.8 Å². The monoisotopic (exact) mass is 554 g/mol. The predicted octanol–water partition coefficient (Wildman–Crippen LogP) is 4.46. The summed E-state index contributed by atoms with van der Waals surface area (Å²) >= 11 is 0. The van der Waals surface area contributed by atoms with Gasteiger partial charge in [0, 0.05) is 43.2 Å². The molecule has 1 aliphatic heterocycles. The maximum absolute atomic E-state index is 13.9. The second kappa shape index (κ2) is 11.6. The number of nitrogens with zero attached hydrogens (tertiary/aromatic N) is 3. The van der Waals surface area contributed by atoms with Gasteiger partial charge in [-0.3, -0.25) is 9.69 Å². The van der Waals surface area contributed by atoms with E-state index in [-0.39, 0.29) is 29.8 Å². The van der Waals surface area contributed by atoms with Crippen molar-refractivity contribution >= 4 is 11.4 Å². The number of morpholine rings is 1. The minimum absolute atomic E-state index is 0.103. The number of carbonyl (C=O) groups is 1. The average Bonchev–Trinajstić information content (AvgIpc) is 3.47. The lowest BCUT2D eigenvalue weighted by atomic mass is 9.85. The number of ether oxygens (including phenoxy) is 3. The van der Waals surface area contributed by atoms with E-state index in [4.69, 9.17) is 14.2 Å². The van der Waals surface area contributed by atoms with Gasteiger partial charge in [-0.15, -0.1) is 0 Å². The molecule has 1 unspecified atom stereocenters. The van der Waals surface area contributed by atoms with Gasteiger partial charge in [0.05, 0.1) is 50.2 Å². The summed E-state index contributed by atoms with van der Waals surface area (Å²) in [6, 6.07) is 7.12. The topological polar surface area (TPSA) is 77.3 Å². The molecule has 5 rings (SSSR count). The Bertz CT molecular complexity index is 1390. The molecule has 1 saturated heterocycles. The number of aromatic nitrogens is 2. The second-order valence-corrected chi connectivity index (χ2v) is 11.0. The Kier molecular flexibility index (Phi) is 8.21. The normalized spacial score (nSPS) is 20.3. The summed E-state index contributed by atoms with van der Waals surface area (Å²) in [5.74, 6) is -0.213. The minimum atomic E-state index is -1.71. The molecule has 1 saturated carbocycles. The van der Waals surface area contributed by atoms with Gasteiger partial charge in [0.1, 0.15) is 11.9 Å². The number of fused-ring (bicyclic) bond motifs is 1. The fraction of sp³-hybridized carbons (Fsp3) is 0.467. The van der Waals surface area contributed by atoms with Crippen LogP contribution in [0.25, 0.3) is 16.6 Å². The third kappa shape index (κ3) is 6.04. The number of halogens is 2. The van der Waals surface area contributed by atoms with Crippen molar-refractivity contribution in [3.63, 3.8) is 0 Å². The molecule has 1 amide bonds. The predicted molar refractivity (Wildman–Crippen MR) is 148 cm³/mol. The number of nitrogens with one attached hydrogen (secondary N) is 1. The van der Waals surface area contributed by atoms with Crippen LogP contribution < -0.4 is 10.1 Å². The molecule has 1 N–H and O–H groups in total. The highest BCUT2D eigenvalue weighted by Gasteiger charge is 2.39. The first-order valence-corrected chi connectivity index (χ1v) is 13.5. The molecule has 0 bridgehead atoms. The van der Waals surface area contributed by atoms with Gasteiger partial charge in [0.15, 0.2) is 0 Å². The number of carbonyl (C=O) groups excluding carboxylic acids is 1. The fourth-order valence-electron chi connectivity index (χ4n) is 5.17. The van der Waals surface area contributed by atoms with Crippen LogP contribution in [0, 0.1) is 0 Å². The fourth-order valence-corrected chi connectivity index (χ4v) is 5.17. The Morgan fingerprint density at radius 1 is 1.32 bits per heavy atom. The molecule has 40 heavy (non-hydrogen) atoms. The van der Waals surface area contributed by atoms with Crippen LogP contribution in [0.3, 0.4) is 0 Å². The van der Waals surface area contributed by atoms with E-state index in [1.54, 1.807) is 18.3 Å². The summed E-state index contributed by atoms with van der Waals surface area (Å²) in [5.41, 5.74) is 4.06. The van der Waals surface area contributed by atoms with Crippen molar-refractivity contribution in [2.75, 3.05) is 40.0 Å². The number of benzene rings is 1. The Morgan fingerprint density at radius 2 is 2.08 bits per heavy atom. The quantitative estimate of drug-likeness (QED) is 0.353. The molecule has 8 nitrogen and oxygen atoms in total. The molecule has 3 heterocycles. The lowest BCUT2D eigenvalue weighted by Gasteiger charge is -2.35. The summed E-state index contributed by atoms with van der Waals surface area (Å²) in [6.45, 7) is 11.9. The summed E-state index contributed by atoms with van der Waals surface area (Å²) < 4.78 is 45.6. The Labute approximate surface area is 232 Å². The van der Waals surface area contributed by atoms with Gasteiger partial charge in [-0.2, -0.15) is 5.10 Å². The number of alkyl halides is 2. The largest absolute Gasteiger partial charge is 0.496 e. The Balaban J connectivity index is 1.48. The summed E-state index contributed by atoms with van der Waals surface area (Å²) in [6.07, 6.45) is 2.33. The highest BCUT2D eigenvalue weighted by Crippen LogP contribution is 2.35. The first kappa shape index (κ1) is 28.2. The van der Waals surface area contributed by atoms with Crippen molar-refractivity contribution in [1.82, 2.24) is 19.8 Å². The highest BCUT2D eigenvalue weighted by atomic mass is 19.1. The zero-order chi connectivity index (χ0) is 28.4. The standard InChI is InChI=1S/C30H36F2N4O4/c1-5-27(32)40-17-20-12-19(13-26(38-4)28(20)29(37)34-24-14-23(24)31)22-15-33-36-16-21(6-7-25(22)36)30(2,3)18-35-8-10-39-11-9-35/h5-7,12-13,15-16,23-24,27H,1,8-11,14,17-18H2,2-4H3,(H,34,37)/t23-,24+,27?/m0/s1. The molecule has 0 radical (unpaired) electrons. The minimum Gasteiger partial charge on any atom is -0.496 e. The van der Waals surface area contributed by atoms with Crippen molar-refractivity contribution in [1.29, 1.82) is 0 Å². The van der Waals surface area contributed by atoms with E-state index >= 15 is 0 Å². The zero-order valence-electron chi connectivity index (χ0n) is 23.2. The van der Waals surface area contributed by atoms with Gasteiger partial charge < -0.3 is 19.5 Å². The molecule has 2 aromatic heterocycles. The van der Waals surface area contributed by atoms with Gasteiger partial charge in [0.2, 0.25) is 6.36 Å². The molecule has 1 aliphatic carbocycles. The van der Waals surface area contributed by atoms with Crippen molar-refractivity contribution in [2.45, 2.75) is 50.9 Å². The third-order valence-corrected chi connectivity index (χ3v) is 7.57. The van der Waals surface area contributed by atoms with Crippen molar-refractivity contribution in [2.24, 2.45) is 0 Å². The van der Waals surface area contributed by atoms with Crippen molar-refractivity contribution in [3.05, 3.63) is 66.0 Å². The average molecular weight is 555 g/mol. The van der Waals surface area contributed by atoms with Crippen LogP contribution in [0.1, 0.15) is 41.8 Å². The molecule has 3 atom stereocenters. The molecule has 0 spiro atoms. The smallest absolute Gasteiger partial charge is 0.255 e. The zero-order valence-corrected chi connectivity index (χ0v) is 23.2. The van der Waals surface area contributed by atoms with Crippen LogP contribution in [0.5, 0.6) is 5.75 Å². The van der Waals surface area contributed by atoms with Gasteiger partial charge in [-0.25, -0.2) is 13.3 Å². The van der Waals surface area contributed by atoms with E-state index in [9.17, 15) is 13.6 Å². The van der Waals surface area contributed by atoms with E-state index in [0.717, 1.165) is 61.1 Å². The third-order valence-electron chi connectivity index (χ3n) is 7.57. The van der Waals surface area contributed by atoms with Crippen LogP contribution in [-0.2, 0) is 21.5 Å². The summed E-state index contributed by atoms with van der Waals surface area (Å²) in [4.78, 5) is 15.5. The van der Waals surface area contributed by atoms with Gasteiger partial charge in [0.25, 0.3) is 5.91 Å². The highest BCUT2D eigenvalue weighted by molar-refractivity contribution is 6.00. The van der Waals surface area contributed by atoms with Gasteiger partial charge in [-0.05, 0) is 41.0 Å². The van der Waals surface area contributed by atoms with E-state index in [0.29, 0.717) is 5.56 Å². The van der Waals surface area contributed by atoms with Crippen LogP contribution in [0.2, 0.25) is 0 Å². The number of rotatable bonds is 11. The van der Waals surface area contributed by atoms with Crippen LogP contribution >= 0.6 is 0 Å². The molecule has 10 heteroatoms. The molecular formula is C30H36F2N4O4. The molecule has 3 aromatic rings. The first-order valence-electron chi connectivity index (χ1n) is 13.5. The maximum atomic E-state index is 13.9. The molecule has 2 fully saturated rings. The van der Waals surface area contributed by atoms with Gasteiger partial charge >= 0.3 is 0 Å². The number of pyridine rings is 1. The molecule has 2 aliphatic rings. The van der Waals surface area contributed by atoms with Crippen LogP contribution in [0.15, 0.2) is 49.3 Å². The number of methoxy groups -OCH3 is 1. The lowest BCUT2D eigenvalue weighted by Crippen LogP contribution is -2.43. The summed E-state index contributed by atoms with van der Waals surface area (Å²) in [5, 5.41) is 7.30. The van der Waals surface area contributed by atoms with E-state index in [1.165, 1.54) is 7.11 Å². The number of hydrogen-bond acceptors (Lipinski definition) is 6. The van der Waals surface area contributed by atoms with Crippen molar-refractivity contribution in [3.8, 4) is 16.9 Å². The molecular weight excluding hydrogens is 518 g/mol. The van der Waals surface area contributed by atoms with E-state index in [1.807, 2.05) is 16.8 Å². The molecule has 1 aromatic carbocycles. The van der Waals surface area contributed by atoms with Gasteiger partial charge in [-0.1, -0.05) is 26.5 Å². The Hall–Kier alpha value is -3.34. The SMILES string of the molecule is C=CC(F)OCc1cc(-c2cnn3cc(C(C)(C)CN4CCOCC4)ccc23)cc(OC)c1C(=O)N[C@@H]1C[C@@H]1F. The maximum Gasteiger partial charge on any atom is 0.255 e. The van der Waals surface area contributed by atoms with Crippen LogP contribution in [0.4, 0.5) is 8.78 Å². The summed E-state index contributed by atoms with van der Waals surface area (Å²) in [7, 11) is 1.45. The van der Waals surface area contributed by atoms with E-state index in [2.05, 4.69) is 41.8 Å². The number of amides is 1. The lowest BCUT2D eigenvalue weighted by molar-refractivity contribution is -0.0142. The number of hydrogen-bond donors (Lipinski definition) is 1.